The maximum atomic E-state index is 9.99. The molecule has 0 saturated heterocycles. The summed E-state index contributed by atoms with van der Waals surface area (Å²) in [7, 11) is 1.64. The van der Waals surface area contributed by atoms with E-state index in [-0.39, 0.29) is 11.8 Å². The number of allylic oxidation sites excluding steroid dienone is 5. The molecule has 0 fully saturated rings. The van der Waals surface area contributed by atoms with E-state index < -0.39 is 0 Å². The van der Waals surface area contributed by atoms with Crippen LogP contribution in [0.3, 0.4) is 0 Å². The first-order valence-corrected chi connectivity index (χ1v) is 10.7. The van der Waals surface area contributed by atoms with Gasteiger partial charge in [0.05, 0.1) is 13.0 Å². The molecule has 2 N–H and O–H groups in total. The average molecular weight is 439 g/mol. The minimum Gasteiger partial charge on any atom is -0.497 e. The number of aryl methyl sites for hydroxylation is 1. The zero-order chi connectivity index (χ0) is 23.5. The minimum absolute atomic E-state index is 0.142. The minimum atomic E-state index is -0.352. The van der Waals surface area contributed by atoms with Gasteiger partial charge in [0.1, 0.15) is 29.0 Å². The van der Waals surface area contributed by atoms with Gasteiger partial charge in [0, 0.05) is 23.7 Å². The first-order chi connectivity index (χ1) is 16.0. The van der Waals surface area contributed by atoms with Crippen molar-refractivity contribution in [2.75, 3.05) is 7.11 Å². The van der Waals surface area contributed by atoms with Crippen molar-refractivity contribution in [1.29, 1.82) is 5.26 Å². The van der Waals surface area contributed by atoms with Crippen LogP contribution in [0.2, 0.25) is 0 Å². The summed E-state index contributed by atoms with van der Waals surface area (Å²) >= 11 is 0. The van der Waals surface area contributed by atoms with Gasteiger partial charge in [-0.2, -0.15) is 5.26 Å². The predicted octanol–water partition coefficient (Wildman–Crippen LogP) is 5.37. The number of nitrogens with two attached hydrogens (primary N) is 1. The van der Waals surface area contributed by atoms with Gasteiger partial charge in [-0.15, -0.1) is 0 Å². The molecule has 33 heavy (non-hydrogen) atoms. The predicted molar refractivity (Wildman–Crippen MR) is 128 cm³/mol. The Balaban J connectivity index is 1.82. The van der Waals surface area contributed by atoms with E-state index in [0.29, 0.717) is 11.3 Å². The summed E-state index contributed by atoms with van der Waals surface area (Å²) in [5.74, 6) is 2.15. The van der Waals surface area contributed by atoms with Crippen LogP contribution in [0.15, 0.2) is 89.8 Å². The first kappa shape index (κ1) is 22.0. The van der Waals surface area contributed by atoms with Gasteiger partial charge < -0.3 is 19.8 Å². The quantitative estimate of drug-likeness (QED) is 0.578. The second kappa shape index (κ2) is 9.09. The van der Waals surface area contributed by atoms with Gasteiger partial charge in [-0.1, -0.05) is 30.3 Å². The van der Waals surface area contributed by atoms with Gasteiger partial charge in [0.15, 0.2) is 0 Å². The summed E-state index contributed by atoms with van der Waals surface area (Å²) in [4.78, 5) is 4.30. The molecular formula is C27H26N4O2. The number of nitrogens with zero attached hydrogens (tertiary/aromatic N) is 3. The SMILES string of the molecule is C/C=C(\C1=C(C)OC(N)=C(C#N)C1c1ccc(-n2ccnc2C)cc1)c1ccc(OC)cc1. The van der Waals surface area contributed by atoms with E-state index in [4.69, 9.17) is 15.2 Å². The van der Waals surface area contributed by atoms with E-state index in [1.807, 2.05) is 86.1 Å². The molecule has 0 radical (unpaired) electrons. The molecule has 2 aromatic carbocycles. The fourth-order valence-corrected chi connectivity index (χ4v) is 4.29. The summed E-state index contributed by atoms with van der Waals surface area (Å²) in [6, 6.07) is 18.3. The molecule has 1 aliphatic rings. The third-order valence-electron chi connectivity index (χ3n) is 5.92. The Labute approximate surface area is 193 Å². The molecule has 1 unspecified atom stereocenters. The third kappa shape index (κ3) is 4.01. The van der Waals surface area contributed by atoms with Gasteiger partial charge in [0.2, 0.25) is 5.88 Å². The van der Waals surface area contributed by atoms with Crippen molar-refractivity contribution in [2.45, 2.75) is 26.7 Å². The molecule has 0 amide bonds. The van der Waals surface area contributed by atoms with Gasteiger partial charge in [-0.05, 0) is 61.7 Å². The van der Waals surface area contributed by atoms with E-state index in [0.717, 1.165) is 39.5 Å². The number of hydrogen-bond donors (Lipinski definition) is 1. The van der Waals surface area contributed by atoms with E-state index in [1.54, 1.807) is 13.3 Å². The summed E-state index contributed by atoms with van der Waals surface area (Å²) in [6.07, 6.45) is 5.74. The molecule has 0 bridgehead atoms. The lowest BCUT2D eigenvalue weighted by Crippen LogP contribution is -2.21. The molecule has 6 nitrogen and oxygen atoms in total. The van der Waals surface area contributed by atoms with Crippen molar-refractivity contribution in [3.05, 3.63) is 107 Å². The lowest BCUT2D eigenvalue weighted by Gasteiger charge is -2.30. The van der Waals surface area contributed by atoms with Crippen molar-refractivity contribution < 1.29 is 9.47 Å². The second-order valence-electron chi connectivity index (χ2n) is 7.76. The van der Waals surface area contributed by atoms with Crippen molar-refractivity contribution in [3.63, 3.8) is 0 Å². The lowest BCUT2D eigenvalue weighted by atomic mass is 9.78. The molecule has 0 aliphatic carbocycles. The maximum Gasteiger partial charge on any atom is 0.205 e. The van der Waals surface area contributed by atoms with Gasteiger partial charge in [0.25, 0.3) is 0 Å². The summed E-state index contributed by atoms with van der Waals surface area (Å²) in [6.45, 7) is 5.83. The van der Waals surface area contributed by atoms with Gasteiger partial charge >= 0.3 is 0 Å². The van der Waals surface area contributed by atoms with Crippen LogP contribution in [-0.2, 0) is 4.74 Å². The molecular weight excluding hydrogens is 412 g/mol. The first-order valence-electron chi connectivity index (χ1n) is 10.7. The highest BCUT2D eigenvalue weighted by molar-refractivity contribution is 5.83. The number of imidazole rings is 1. The number of rotatable bonds is 5. The smallest absolute Gasteiger partial charge is 0.205 e. The summed E-state index contributed by atoms with van der Waals surface area (Å²) in [5, 5.41) is 9.99. The number of hydrogen-bond acceptors (Lipinski definition) is 5. The molecule has 2 heterocycles. The number of nitriles is 1. The highest BCUT2D eigenvalue weighted by Gasteiger charge is 2.33. The van der Waals surface area contributed by atoms with Crippen LogP contribution in [0.25, 0.3) is 11.3 Å². The van der Waals surface area contributed by atoms with Crippen LogP contribution < -0.4 is 10.5 Å². The fraction of sp³-hybridized carbons (Fsp3) is 0.185. The normalized spacial score (nSPS) is 16.5. The molecule has 1 aromatic heterocycles. The van der Waals surface area contributed by atoms with Crippen LogP contribution in [-0.4, -0.2) is 16.7 Å². The standard InChI is InChI=1S/C27H26N4O2/c1-5-23(19-8-12-22(32-4)13-9-19)25-17(2)33-27(29)24(16-28)26(25)20-6-10-21(11-7-20)31-15-14-30-18(31)3/h5-15,26H,29H2,1-4H3/b23-5-. The van der Waals surface area contributed by atoms with Crippen molar-refractivity contribution in [3.8, 4) is 17.5 Å². The summed E-state index contributed by atoms with van der Waals surface area (Å²) in [5.41, 5.74) is 11.4. The molecule has 166 valence electrons. The van der Waals surface area contributed by atoms with E-state index >= 15 is 0 Å². The molecule has 1 aliphatic heterocycles. The Morgan fingerprint density at radius 1 is 1.15 bits per heavy atom. The van der Waals surface area contributed by atoms with E-state index in [2.05, 4.69) is 11.1 Å². The number of ether oxygens (including phenoxy) is 2. The molecule has 4 rings (SSSR count). The van der Waals surface area contributed by atoms with E-state index in [1.165, 1.54) is 0 Å². The van der Waals surface area contributed by atoms with Crippen LogP contribution in [0.4, 0.5) is 0 Å². The van der Waals surface area contributed by atoms with Crippen LogP contribution in [0, 0.1) is 18.3 Å². The molecule has 1 atom stereocenters. The monoisotopic (exact) mass is 438 g/mol. The highest BCUT2D eigenvalue weighted by Crippen LogP contribution is 2.45. The zero-order valence-corrected chi connectivity index (χ0v) is 19.2. The topological polar surface area (TPSA) is 86.1 Å². The maximum absolute atomic E-state index is 9.99. The van der Waals surface area contributed by atoms with Crippen LogP contribution >= 0.6 is 0 Å². The average Bonchev–Trinajstić information content (AvgIpc) is 3.27. The second-order valence-corrected chi connectivity index (χ2v) is 7.76. The number of benzene rings is 2. The Bertz CT molecular complexity index is 1300. The van der Waals surface area contributed by atoms with Crippen molar-refractivity contribution >= 4 is 5.57 Å². The van der Waals surface area contributed by atoms with Crippen LogP contribution in [0.5, 0.6) is 5.75 Å². The highest BCUT2D eigenvalue weighted by atomic mass is 16.5. The molecule has 6 heteroatoms. The fourth-order valence-electron chi connectivity index (χ4n) is 4.29. The summed E-state index contributed by atoms with van der Waals surface area (Å²) < 4.78 is 13.2. The number of aromatic nitrogens is 2. The molecule has 0 saturated carbocycles. The van der Waals surface area contributed by atoms with Gasteiger partial charge in [-0.3, -0.25) is 0 Å². The Hall–Kier alpha value is -4.24. The Morgan fingerprint density at radius 2 is 1.85 bits per heavy atom. The van der Waals surface area contributed by atoms with Crippen LogP contribution in [0.1, 0.15) is 36.7 Å². The van der Waals surface area contributed by atoms with Crippen molar-refractivity contribution in [2.24, 2.45) is 5.73 Å². The van der Waals surface area contributed by atoms with Gasteiger partial charge in [-0.25, -0.2) is 4.98 Å². The largest absolute Gasteiger partial charge is 0.497 e. The third-order valence-corrected chi connectivity index (χ3v) is 5.92. The Morgan fingerprint density at radius 3 is 2.39 bits per heavy atom. The molecule has 0 spiro atoms. The zero-order valence-electron chi connectivity index (χ0n) is 19.2. The molecule has 3 aromatic rings. The Kier molecular flexibility index (Phi) is 6.05. The lowest BCUT2D eigenvalue weighted by molar-refractivity contribution is 0.283. The van der Waals surface area contributed by atoms with Crippen molar-refractivity contribution in [1.82, 2.24) is 9.55 Å². The number of methoxy groups -OCH3 is 1. The van der Waals surface area contributed by atoms with E-state index in [9.17, 15) is 5.26 Å².